The Morgan fingerprint density at radius 2 is 2.00 bits per heavy atom. The number of nitrogens with one attached hydrogen (secondary N) is 2. The molecule has 1 aromatic rings. The van der Waals surface area contributed by atoms with Gasteiger partial charge in [-0.25, -0.2) is 9.18 Å². The third-order valence-electron chi connectivity index (χ3n) is 4.63. The van der Waals surface area contributed by atoms with Crippen molar-refractivity contribution in [1.82, 2.24) is 10.6 Å². The van der Waals surface area contributed by atoms with Gasteiger partial charge >= 0.3 is 5.97 Å². The molecular formula is C17H21FN2O3. The van der Waals surface area contributed by atoms with Crippen LogP contribution in [0, 0.1) is 0 Å². The van der Waals surface area contributed by atoms with Crippen molar-refractivity contribution in [3.05, 3.63) is 35.4 Å². The van der Waals surface area contributed by atoms with Gasteiger partial charge in [-0.05, 0) is 43.5 Å². The average molecular weight is 320 g/mol. The molecule has 1 heterocycles. The molecule has 2 unspecified atom stereocenters. The van der Waals surface area contributed by atoms with E-state index >= 15 is 0 Å². The number of amides is 1. The zero-order chi connectivity index (χ0) is 16.4. The smallest absolute Gasteiger partial charge is 0.337 e. The number of halogens is 1. The lowest BCUT2D eigenvalue weighted by molar-refractivity contribution is -0.125. The first-order valence-corrected chi connectivity index (χ1v) is 7.92. The Labute approximate surface area is 134 Å². The highest BCUT2D eigenvalue weighted by Gasteiger charge is 2.46. The summed E-state index contributed by atoms with van der Waals surface area (Å²) in [5, 5.41) is 6.12. The SMILES string of the molecule is COC(=O)c1ccc(C2(NC(=O)C3CC(F)CCN3)CC2)cc1. The second-order valence-corrected chi connectivity index (χ2v) is 6.27. The summed E-state index contributed by atoms with van der Waals surface area (Å²) in [6.45, 7) is 0.528. The van der Waals surface area contributed by atoms with Crippen molar-refractivity contribution in [3.63, 3.8) is 0 Å². The maximum atomic E-state index is 13.5. The number of hydrogen-bond acceptors (Lipinski definition) is 4. The number of methoxy groups -OCH3 is 1. The van der Waals surface area contributed by atoms with Crippen LogP contribution in [-0.4, -0.2) is 37.7 Å². The highest BCUT2D eigenvalue weighted by atomic mass is 19.1. The molecule has 1 amide bonds. The van der Waals surface area contributed by atoms with Gasteiger partial charge in [-0.15, -0.1) is 0 Å². The van der Waals surface area contributed by atoms with E-state index in [2.05, 4.69) is 15.4 Å². The number of carbonyl (C=O) groups is 2. The molecule has 124 valence electrons. The Hall–Kier alpha value is -1.95. The molecule has 0 spiro atoms. The highest BCUT2D eigenvalue weighted by Crippen LogP contribution is 2.45. The topological polar surface area (TPSA) is 67.4 Å². The Balaban J connectivity index is 1.67. The van der Waals surface area contributed by atoms with Crippen molar-refractivity contribution >= 4 is 11.9 Å². The number of hydrogen-bond donors (Lipinski definition) is 2. The van der Waals surface area contributed by atoms with Crippen LogP contribution in [0.25, 0.3) is 0 Å². The number of esters is 1. The van der Waals surface area contributed by atoms with Crippen LogP contribution >= 0.6 is 0 Å². The fraction of sp³-hybridized carbons (Fsp3) is 0.529. The van der Waals surface area contributed by atoms with E-state index in [-0.39, 0.29) is 23.8 Å². The fourth-order valence-electron chi connectivity index (χ4n) is 3.05. The minimum atomic E-state index is -0.915. The molecule has 2 atom stereocenters. The molecule has 1 saturated heterocycles. The van der Waals surface area contributed by atoms with E-state index in [1.807, 2.05) is 12.1 Å². The molecule has 0 aromatic heterocycles. The molecule has 1 saturated carbocycles. The predicted octanol–water partition coefficient (Wildman–Crippen LogP) is 1.67. The summed E-state index contributed by atoms with van der Waals surface area (Å²) in [6, 6.07) is 6.61. The number of rotatable bonds is 4. The van der Waals surface area contributed by atoms with E-state index in [1.54, 1.807) is 12.1 Å². The summed E-state index contributed by atoms with van der Waals surface area (Å²) < 4.78 is 18.1. The van der Waals surface area contributed by atoms with Crippen LogP contribution in [0.3, 0.4) is 0 Å². The Bertz CT molecular complexity index is 598. The maximum Gasteiger partial charge on any atom is 0.337 e. The van der Waals surface area contributed by atoms with E-state index in [0.717, 1.165) is 18.4 Å². The van der Waals surface area contributed by atoms with E-state index in [0.29, 0.717) is 18.5 Å². The first-order valence-electron chi connectivity index (χ1n) is 7.92. The number of carbonyl (C=O) groups excluding carboxylic acids is 2. The van der Waals surface area contributed by atoms with Crippen LogP contribution in [0.2, 0.25) is 0 Å². The van der Waals surface area contributed by atoms with Gasteiger partial charge in [0.1, 0.15) is 6.17 Å². The second kappa shape index (κ2) is 6.28. The van der Waals surface area contributed by atoms with Crippen molar-refractivity contribution in [2.45, 2.75) is 43.4 Å². The zero-order valence-electron chi connectivity index (χ0n) is 13.1. The molecule has 1 aromatic carbocycles. The molecule has 0 bridgehead atoms. The van der Waals surface area contributed by atoms with Crippen molar-refractivity contribution in [3.8, 4) is 0 Å². The zero-order valence-corrected chi connectivity index (χ0v) is 13.1. The van der Waals surface area contributed by atoms with Crippen LogP contribution in [0.5, 0.6) is 0 Å². The Morgan fingerprint density at radius 3 is 2.57 bits per heavy atom. The van der Waals surface area contributed by atoms with E-state index in [1.165, 1.54) is 7.11 Å². The monoisotopic (exact) mass is 320 g/mol. The molecule has 2 N–H and O–H groups in total. The van der Waals surface area contributed by atoms with Gasteiger partial charge in [0.05, 0.1) is 24.3 Å². The molecule has 2 fully saturated rings. The number of piperidine rings is 1. The third-order valence-corrected chi connectivity index (χ3v) is 4.63. The quantitative estimate of drug-likeness (QED) is 0.828. The molecule has 23 heavy (non-hydrogen) atoms. The Kier molecular flexibility index (Phi) is 4.35. The second-order valence-electron chi connectivity index (χ2n) is 6.27. The molecule has 6 heteroatoms. The van der Waals surface area contributed by atoms with Gasteiger partial charge in [0.25, 0.3) is 0 Å². The van der Waals surface area contributed by atoms with Gasteiger partial charge in [-0.1, -0.05) is 12.1 Å². The first kappa shape index (κ1) is 15.9. The fourth-order valence-corrected chi connectivity index (χ4v) is 3.05. The average Bonchev–Trinajstić information content (AvgIpc) is 3.35. The number of benzene rings is 1. The third kappa shape index (κ3) is 3.37. The van der Waals surface area contributed by atoms with Gasteiger partial charge in [-0.3, -0.25) is 4.79 Å². The lowest BCUT2D eigenvalue weighted by Crippen LogP contribution is -2.51. The standard InChI is InChI=1S/C17H21FN2O3/c1-23-16(22)11-2-4-12(5-3-11)17(7-8-17)20-15(21)14-10-13(18)6-9-19-14/h2-5,13-14,19H,6-10H2,1H3,(H,20,21). The molecule has 1 aliphatic carbocycles. The first-order chi connectivity index (χ1) is 11.0. The van der Waals surface area contributed by atoms with Gasteiger partial charge in [0.2, 0.25) is 5.91 Å². The van der Waals surface area contributed by atoms with Gasteiger partial charge in [0, 0.05) is 6.42 Å². The summed E-state index contributed by atoms with van der Waals surface area (Å²) >= 11 is 0. The predicted molar refractivity (Wildman–Crippen MR) is 82.8 cm³/mol. The van der Waals surface area contributed by atoms with E-state index in [9.17, 15) is 14.0 Å². The van der Waals surface area contributed by atoms with Crippen LogP contribution in [-0.2, 0) is 15.1 Å². The molecule has 1 aliphatic heterocycles. The maximum absolute atomic E-state index is 13.5. The van der Waals surface area contributed by atoms with E-state index in [4.69, 9.17) is 0 Å². The molecule has 0 radical (unpaired) electrons. The molecule has 3 rings (SSSR count). The van der Waals surface area contributed by atoms with Crippen molar-refractivity contribution < 1.29 is 18.7 Å². The minimum absolute atomic E-state index is 0.151. The van der Waals surface area contributed by atoms with Crippen LogP contribution in [0.1, 0.15) is 41.6 Å². The molecule has 2 aliphatic rings. The van der Waals surface area contributed by atoms with Crippen LogP contribution in [0.4, 0.5) is 4.39 Å². The summed E-state index contributed by atoms with van der Waals surface area (Å²) in [5.74, 6) is -0.535. The van der Waals surface area contributed by atoms with Gasteiger partial charge < -0.3 is 15.4 Å². The van der Waals surface area contributed by atoms with Gasteiger partial charge in [-0.2, -0.15) is 0 Å². The van der Waals surface area contributed by atoms with Crippen molar-refractivity contribution in [1.29, 1.82) is 0 Å². The van der Waals surface area contributed by atoms with E-state index < -0.39 is 12.2 Å². The summed E-state index contributed by atoms with van der Waals surface area (Å²) in [6.07, 6.45) is 1.47. The summed E-state index contributed by atoms with van der Waals surface area (Å²) in [7, 11) is 1.34. The van der Waals surface area contributed by atoms with Crippen molar-refractivity contribution in [2.24, 2.45) is 0 Å². The highest BCUT2D eigenvalue weighted by molar-refractivity contribution is 5.89. The van der Waals surface area contributed by atoms with Crippen LogP contribution in [0.15, 0.2) is 24.3 Å². The molecule has 5 nitrogen and oxygen atoms in total. The normalized spacial score (nSPS) is 25.5. The minimum Gasteiger partial charge on any atom is -0.465 e. The lowest BCUT2D eigenvalue weighted by Gasteiger charge is -2.28. The number of ether oxygens (including phenoxy) is 1. The summed E-state index contributed by atoms with van der Waals surface area (Å²) in [4.78, 5) is 23.8. The number of alkyl halides is 1. The lowest BCUT2D eigenvalue weighted by atomic mass is 9.99. The van der Waals surface area contributed by atoms with Crippen molar-refractivity contribution in [2.75, 3.05) is 13.7 Å². The largest absolute Gasteiger partial charge is 0.465 e. The molecular weight excluding hydrogens is 299 g/mol. The summed E-state index contributed by atoms with van der Waals surface area (Å²) in [5.41, 5.74) is 1.06. The van der Waals surface area contributed by atoms with Crippen LogP contribution < -0.4 is 10.6 Å². The van der Waals surface area contributed by atoms with Gasteiger partial charge in [0.15, 0.2) is 0 Å². The Morgan fingerprint density at radius 1 is 1.30 bits per heavy atom.